The Morgan fingerprint density at radius 1 is 1.42 bits per heavy atom. The van der Waals surface area contributed by atoms with Gasteiger partial charge in [0.2, 0.25) is 0 Å². The minimum atomic E-state index is -0.0707. The predicted octanol–water partition coefficient (Wildman–Crippen LogP) is 1.49. The SMILES string of the molecule is CCCC1CCN(CC)C[C@H]1O. The molecule has 0 saturated carbocycles. The number of aliphatic hydroxyl groups is 1. The Balaban J connectivity index is 2.31. The minimum absolute atomic E-state index is 0.0707. The van der Waals surface area contributed by atoms with Gasteiger partial charge < -0.3 is 10.0 Å². The maximum absolute atomic E-state index is 9.76. The van der Waals surface area contributed by atoms with E-state index in [0.29, 0.717) is 5.92 Å². The topological polar surface area (TPSA) is 23.5 Å². The largest absolute Gasteiger partial charge is 0.392 e. The molecule has 0 amide bonds. The smallest absolute Gasteiger partial charge is 0.0695 e. The summed E-state index contributed by atoms with van der Waals surface area (Å²) >= 11 is 0. The number of likely N-dealkylation sites (tertiary alicyclic amines) is 1. The Kier molecular flexibility index (Phi) is 4.02. The van der Waals surface area contributed by atoms with E-state index >= 15 is 0 Å². The van der Waals surface area contributed by atoms with Crippen molar-refractivity contribution < 1.29 is 5.11 Å². The van der Waals surface area contributed by atoms with Gasteiger partial charge in [-0.3, -0.25) is 0 Å². The van der Waals surface area contributed by atoms with Gasteiger partial charge in [-0.2, -0.15) is 0 Å². The van der Waals surface area contributed by atoms with Crippen molar-refractivity contribution in [2.45, 2.75) is 39.2 Å². The lowest BCUT2D eigenvalue weighted by molar-refractivity contribution is 0.0203. The molecule has 1 unspecified atom stereocenters. The molecular formula is C10H21NO. The summed E-state index contributed by atoms with van der Waals surface area (Å²) in [7, 11) is 0. The predicted molar refractivity (Wildman–Crippen MR) is 51.1 cm³/mol. The van der Waals surface area contributed by atoms with Gasteiger partial charge >= 0.3 is 0 Å². The van der Waals surface area contributed by atoms with Crippen molar-refractivity contribution in [1.82, 2.24) is 4.90 Å². The Bertz CT molecular complexity index is 127. The molecule has 0 radical (unpaired) electrons. The lowest BCUT2D eigenvalue weighted by Crippen LogP contribution is -2.43. The average molecular weight is 171 g/mol. The molecule has 2 atom stereocenters. The van der Waals surface area contributed by atoms with Crippen LogP contribution in [0.2, 0.25) is 0 Å². The van der Waals surface area contributed by atoms with Crippen LogP contribution < -0.4 is 0 Å². The van der Waals surface area contributed by atoms with Crippen LogP contribution in [0.4, 0.5) is 0 Å². The van der Waals surface area contributed by atoms with Crippen LogP contribution in [-0.2, 0) is 0 Å². The Morgan fingerprint density at radius 2 is 2.17 bits per heavy atom. The van der Waals surface area contributed by atoms with E-state index in [9.17, 15) is 5.11 Å². The number of aliphatic hydroxyl groups excluding tert-OH is 1. The van der Waals surface area contributed by atoms with Gasteiger partial charge in [0.25, 0.3) is 0 Å². The van der Waals surface area contributed by atoms with E-state index in [1.807, 2.05) is 0 Å². The number of piperidine rings is 1. The molecule has 0 spiro atoms. The molecule has 0 aliphatic carbocycles. The number of hydrogen-bond acceptors (Lipinski definition) is 2. The fourth-order valence-electron chi connectivity index (χ4n) is 2.04. The zero-order chi connectivity index (χ0) is 8.97. The minimum Gasteiger partial charge on any atom is -0.392 e. The van der Waals surface area contributed by atoms with Gasteiger partial charge in [0, 0.05) is 6.54 Å². The van der Waals surface area contributed by atoms with Crippen molar-refractivity contribution in [2.24, 2.45) is 5.92 Å². The molecule has 2 heteroatoms. The zero-order valence-electron chi connectivity index (χ0n) is 8.29. The highest BCUT2D eigenvalue weighted by Crippen LogP contribution is 2.21. The first-order chi connectivity index (χ1) is 5.77. The summed E-state index contributed by atoms with van der Waals surface area (Å²) in [5.41, 5.74) is 0. The average Bonchev–Trinajstić information content (AvgIpc) is 2.09. The van der Waals surface area contributed by atoms with Gasteiger partial charge in [-0.25, -0.2) is 0 Å². The normalized spacial score (nSPS) is 32.2. The molecule has 2 nitrogen and oxygen atoms in total. The molecule has 0 aromatic carbocycles. The molecule has 1 aliphatic rings. The van der Waals surface area contributed by atoms with E-state index in [1.54, 1.807) is 0 Å². The van der Waals surface area contributed by atoms with Gasteiger partial charge in [0.05, 0.1) is 6.10 Å². The first kappa shape index (κ1) is 10.0. The number of nitrogens with zero attached hydrogens (tertiary/aromatic N) is 1. The molecule has 1 saturated heterocycles. The standard InChI is InChI=1S/C10H21NO/c1-3-5-9-6-7-11(4-2)8-10(9)12/h9-10,12H,3-8H2,1-2H3/t9?,10-/m1/s1. The molecule has 1 N–H and O–H groups in total. The molecule has 0 aromatic heterocycles. The van der Waals surface area contributed by atoms with Gasteiger partial charge in [-0.1, -0.05) is 20.3 Å². The summed E-state index contributed by atoms with van der Waals surface area (Å²) in [6.45, 7) is 7.50. The van der Waals surface area contributed by atoms with E-state index in [-0.39, 0.29) is 6.10 Å². The number of β-amino-alcohol motifs (C(OH)–C–C–N with tert-alkyl or cyclic N) is 1. The third kappa shape index (κ3) is 2.46. The Labute approximate surface area is 75.6 Å². The summed E-state index contributed by atoms with van der Waals surface area (Å²) in [6.07, 6.45) is 3.51. The first-order valence-electron chi connectivity index (χ1n) is 5.18. The van der Waals surface area contributed by atoms with Crippen LogP contribution in [-0.4, -0.2) is 35.7 Å². The van der Waals surface area contributed by atoms with E-state index in [1.165, 1.54) is 25.8 Å². The summed E-state index contributed by atoms with van der Waals surface area (Å²) in [5.74, 6) is 0.567. The van der Waals surface area contributed by atoms with Crippen LogP contribution in [0.3, 0.4) is 0 Å². The third-order valence-corrected chi connectivity index (χ3v) is 2.91. The Morgan fingerprint density at radius 3 is 2.67 bits per heavy atom. The second-order valence-corrected chi connectivity index (χ2v) is 3.80. The molecule has 1 fully saturated rings. The van der Waals surface area contributed by atoms with Gasteiger partial charge in [0.15, 0.2) is 0 Å². The lowest BCUT2D eigenvalue weighted by atomic mass is 9.90. The highest BCUT2D eigenvalue weighted by atomic mass is 16.3. The monoisotopic (exact) mass is 171 g/mol. The third-order valence-electron chi connectivity index (χ3n) is 2.91. The van der Waals surface area contributed by atoms with Gasteiger partial charge in [0.1, 0.15) is 0 Å². The molecular weight excluding hydrogens is 150 g/mol. The molecule has 1 rings (SSSR count). The van der Waals surface area contributed by atoms with Gasteiger partial charge in [-0.05, 0) is 31.8 Å². The van der Waals surface area contributed by atoms with Crippen molar-refractivity contribution in [1.29, 1.82) is 0 Å². The molecule has 12 heavy (non-hydrogen) atoms. The Hall–Kier alpha value is -0.0800. The molecule has 72 valence electrons. The van der Waals surface area contributed by atoms with E-state index in [2.05, 4.69) is 18.7 Å². The fourth-order valence-corrected chi connectivity index (χ4v) is 2.04. The van der Waals surface area contributed by atoms with Crippen LogP contribution in [0.1, 0.15) is 33.1 Å². The van der Waals surface area contributed by atoms with Crippen molar-refractivity contribution >= 4 is 0 Å². The van der Waals surface area contributed by atoms with Crippen LogP contribution in [0.25, 0.3) is 0 Å². The van der Waals surface area contributed by atoms with Crippen LogP contribution in [0.15, 0.2) is 0 Å². The van der Waals surface area contributed by atoms with E-state index in [4.69, 9.17) is 0 Å². The summed E-state index contributed by atoms with van der Waals surface area (Å²) in [5, 5.41) is 9.76. The fraction of sp³-hybridized carbons (Fsp3) is 1.00. The number of rotatable bonds is 3. The second kappa shape index (κ2) is 4.83. The van der Waals surface area contributed by atoms with Crippen LogP contribution in [0.5, 0.6) is 0 Å². The molecule has 0 aromatic rings. The number of likely N-dealkylation sites (N-methyl/N-ethyl adjacent to an activating group) is 1. The van der Waals surface area contributed by atoms with Crippen molar-refractivity contribution in [3.63, 3.8) is 0 Å². The van der Waals surface area contributed by atoms with Gasteiger partial charge in [-0.15, -0.1) is 0 Å². The van der Waals surface area contributed by atoms with E-state index in [0.717, 1.165) is 13.1 Å². The maximum atomic E-state index is 9.76. The number of hydrogen-bond donors (Lipinski definition) is 1. The van der Waals surface area contributed by atoms with Crippen molar-refractivity contribution in [3.8, 4) is 0 Å². The van der Waals surface area contributed by atoms with E-state index < -0.39 is 0 Å². The molecule has 1 heterocycles. The highest BCUT2D eigenvalue weighted by Gasteiger charge is 2.25. The summed E-state index contributed by atoms with van der Waals surface area (Å²) in [4.78, 5) is 2.33. The van der Waals surface area contributed by atoms with Crippen LogP contribution >= 0.6 is 0 Å². The van der Waals surface area contributed by atoms with Crippen LogP contribution in [0, 0.1) is 5.92 Å². The van der Waals surface area contributed by atoms with Crippen molar-refractivity contribution in [3.05, 3.63) is 0 Å². The summed E-state index contributed by atoms with van der Waals surface area (Å²) < 4.78 is 0. The molecule has 0 bridgehead atoms. The zero-order valence-corrected chi connectivity index (χ0v) is 8.29. The molecule has 1 aliphatic heterocycles. The quantitative estimate of drug-likeness (QED) is 0.695. The maximum Gasteiger partial charge on any atom is 0.0695 e. The van der Waals surface area contributed by atoms with Crippen molar-refractivity contribution in [2.75, 3.05) is 19.6 Å². The lowest BCUT2D eigenvalue weighted by Gasteiger charge is -2.35. The second-order valence-electron chi connectivity index (χ2n) is 3.80. The highest BCUT2D eigenvalue weighted by molar-refractivity contribution is 4.78. The first-order valence-corrected chi connectivity index (χ1v) is 5.18. The summed E-state index contributed by atoms with van der Waals surface area (Å²) in [6, 6.07) is 0.